The highest BCUT2D eigenvalue weighted by Gasteiger charge is 2.07. The zero-order valence-electron chi connectivity index (χ0n) is 9.02. The van der Waals surface area contributed by atoms with Gasteiger partial charge in [0.15, 0.2) is 0 Å². The summed E-state index contributed by atoms with van der Waals surface area (Å²) in [6.45, 7) is 1.77. The van der Waals surface area contributed by atoms with Crippen LogP contribution in [0.3, 0.4) is 0 Å². The summed E-state index contributed by atoms with van der Waals surface area (Å²) in [5.41, 5.74) is 3.21. The fourth-order valence-corrected chi connectivity index (χ4v) is 2.25. The molecule has 1 N–H and O–H groups in total. The van der Waals surface area contributed by atoms with Crippen LogP contribution in [0.15, 0.2) is 53.0 Å². The molecule has 82 valence electrons. The maximum absolute atomic E-state index is 9.65. The van der Waals surface area contributed by atoms with Crippen molar-refractivity contribution in [2.24, 2.45) is 0 Å². The second-order valence-corrected chi connectivity index (χ2v) is 4.63. The molecule has 0 saturated heterocycles. The number of aliphatic hydroxyl groups excluding tert-OH is 1. The van der Waals surface area contributed by atoms with Crippen LogP contribution in [0.5, 0.6) is 0 Å². The average molecular weight is 277 g/mol. The van der Waals surface area contributed by atoms with Crippen LogP contribution in [0.1, 0.15) is 18.6 Å². The van der Waals surface area contributed by atoms with Gasteiger partial charge in [-0.1, -0.05) is 52.3 Å². The van der Waals surface area contributed by atoms with E-state index in [0.29, 0.717) is 0 Å². The van der Waals surface area contributed by atoms with Crippen molar-refractivity contribution in [1.29, 1.82) is 0 Å². The van der Waals surface area contributed by atoms with Gasteiger partial charge >= 0.3 is 0 Å². The van der Waals surface area contributed by atoms with Crippen LogP contribution in [0.4, 0.5) is 0 Å². The van der Waals surface area contributed by atoms with Gasteiger partial charge in [-0.3, -0.25) is 0 Å². The lowest BCUT2D eigenvalue weighted by atomic mass is 10.0. The lowest BCUT2D eigenvalue weighted by Crippen LogP contribution is -1.93. The van der Waals surface area contributed by atoms with E-state index in [2.05, 4.69) is 28.1 Å². The monoisotopic (exact) mass is 276 g/mol. The molecule has 0 bridgehead atoms. The Balaban J connectivity index is 2.48. The number of rotatable bonds is 2. The molecule has 2 rings (SSSR count). The molecule has 2 heteroatoms. The molecule has 0 fully saturated rings. The van der Waals surface area contributed by atoms with Crippen molar-refractivity contribution in [1.82, 2.24) is 0 Å². The van der Waals surface area contributed by atoms with E-state index in [0.717, 1.165) is 21.2 Å². The summed E-state index contributed by atoms with van der Waals surface area (Å²) < 4.78 is 0.946. The third kappa shape index (κ3) is 2.34. The SMILES string of the molecule is CC(O)c1cc(-c2ccccc2)ccc1Br. The van der Waals surface area contributed by atoms with Gasteiger partial charge in [-0.25, -0.2) is 0 Å². The summed E-state index contributed by atoms with van der Waals surface area (Å²) >= 11 is 3.44. The summed E-state index contributed by atoms with van der Waals surface area (Å²) in [6, 6.07) is 16.2. The van der Waals surface area contributed by atoms with Gasteiger partial charge in [0, 0.05) is 4.47 Å². The van der Waals surface area contributed by atoms with Gasteiger partial charge in [0.1, 0.15) is 0 Å². The van der Waals surface area contributed by atoms with Crippen LogP contribution < -0.4 is 0 Å². The summed E-state index contributed by atoms with van der Waals surface area (Å²) in [4.78, 5) is 0. The number of aliphatic hydroxyl groups is 1. The lowest BCUT2D eigenvalue weighted by molar-refractivity contribution is 0.198. The zero-order valence-corrected chi connectivity index (χ0v) is 10.6. The first-order valence-electron chi connectivity index (χ1n) is 5.21. The van der Waals surface area contributed by atoms with Crippen LogP contribution in [-0.2, 0) is 0 Å². The highest BCUT2D eigenvalue weighted by Crippen LogP contribution is 2.29. The van der Waals surface area contributed by atoms with E-state index in [1.807, 2.05) is 36.4 Å². The van der Waals surface area contributed by atoms with Crippen LogP contribution >= 0.6 is 15.9 Å². The second-order valence-electron chi connectivity index (χ2n) is 3.78. The number of benzene rings is 2. The van der Waals surface area contributed by atoms with Crippen molar-refractivity contribution >= 4 is 15.9 Å². The van der Waals surface area contributed by atoms with Crippen molar-refractivity contribution in [3.8, 4) is 11.1 Å². The Labute approximate surface area is 104 Å². The van der Waals surface area contributed by atoms with Crippen molar-refractivity contribution in [2.45, 2.75) is 13.0 Å². The predicted octanol–water partition coefficient (Wildman–Crippen LogP) is 4.17. The maximum Gasteiger partial charge on any atom is 0.0773 e. The molecule has 0 spiro atoms. The molecule has 2 aromatic carbocycles. The summed E-state index contributed by atoms with van der Waals surface area (Å²) in [7, 11) is 0. The minimum atomic E-state index is -0.460. The highest BCUT2D eigenvalue weighted by molar-refractivity contribution is 9.10. The van der Waals surface area contributed by atoms with Gasteiger partial charge in [-0.15, -0.1) is 0 Å². The molecule has 0 saturated carbocycles. The number of hydrogen-bond donors (Lipinski definition) is 1. The Morgan fingerprint density at radius 3 is 2.31 bits per heavy atom. The van der Waals surface area contributed by atoms with Crippen molar-refractivity contribution in [2.75, 3.05) is 0 Å². The zero-order chi connectivity index (χ0) is 11.5. The number of hydrogen-bond acceptors (Lipinski definition) is 1. The first-order valence-corrected chi connectivity index (χ1v) is 6.00. The molecule has 1 nitrogen and oxygen atoms in total. The van der Waals surface area contributed by atoms with E-state index in [9.17, 15) is 5.11 Å². The van der Waals surface area contributed by atoms with Crippen molar-refractivity contribution in [3.05, 3.63) is 58.6 Å². The fraction of sp³-hybridized carbons (Fsp3) is 0.143. The molecular weight excluding hydrogens is 264 g/mol. The molecule has 0 aliphatic heterocycles. The largest absolute Gasteiger partial charge is 0.389 e. The molecule has 0 aromatic heterocycles. The Morgan fingerprint density at radius 1 is 1.00 bits per heavy atom. The predicted molar refractivity (Wildman–Crippen MR) is 70.2 cm³/mol. The Bertz CT molecular complexity index is 477. The van der Waals surface area contributed by atoms with Gasteiger partial charge < -0.3 is 5.11 Å². The quantitative estimate of drug-likeness (QED) is 0.873. The molecule has 2 aromatic rings. The van der Waals surface area contributed by atoms with E-state index >= 15 is 0 Å². The topological polar surface area (TPSA) is 20.2 Å². The van der Waals surface area contributed by atoms with Crippen LogP contribution in [0.25, 0.3) is 11.1 Å². The molecule has 0 aliphatic carbocycles. The van der Waals surface area contributed by atoms with E-state index in [-0.39, 0.29) is 0 Å². The second kappa shape index (κ2) is 4.81. The van der Waals surface area contributed by atoms with E-state index < -0.39 is 6.10 Å². The van der Waals surface area contributed by atoms with Gasteiger partial charge in [0.2, 0.25) is 0 Å². The molecule has 0 amide bonds. The first kappa shape index (κ1) is 11.4. The van der Waals surface area contributed by atoms with Gasteiger partial charge in [0.05, 0.1) is 6.10 Å². The first-order chi connectivity index (χ1) is 7.68. The summed E-state index contributed by atoms with van der Waals surface area (Å²) in [5, 5.41) is 9.65. The Hall–Kier alpha value is -1.12. The molecule has 1 atom stereocenters. The molecule has 0 radical (unpaired) electrons. The summed E-state index contributed by atoms with van der Waals surface area (Å²) in [6.07, 6.45) is -0.460. The minimum absolute atomic E-state index is 0.460. The highest BCUT2D eigenvalue weighted by atomic mass is 79.9. The molecule has 1 unspecified atom stereocenters. The third-order valence-corrected chi connectivity index (χ3v) is 3.28. The smallest absolute Gasteiger partial charge is 0.0773 e. The molecular formula is C14H13BrO. The Morgan fingerprint density at radius 2 is 1.69 bits per heavy atom. The fourth-order valence-electron chi connectivity index (χ4n) is 1.67. The average Bonchev–Trinajstić information content (AvgIpc) is 2.30. The maximum atomic E-state index is 9.65. The molecule has 0 heterocycles. The third-order valence-electron chi connectivity index (χ3n) is 2.55. The van der Waals surface area contributed by atoms with Crippen molar-refractivity contribution in [3.63, 3.8) is 0 Å². The van der Waals surface area contributed by atoms with Gasteiger partial charge in [-0.05, 0) is 35.7 Å². The number of halogens is 1. The van der Waals surface area contributed by atoms with Crippen molar-refractivity contribution < 1.29 is 5.11 Å². The Kier molecular flexibility index (Phi) is 3.42. The normalized spacial score (nSPS) is 12.4. The van der Waals surface area contributed by atoms with E-state index in [1.165, 1.54) is 0 Å². The van der Waals surface area contributed by atoms with Crippen LogP contribution in [0.2, 0.25) is 0 Å². The summed E-state index contributed by atoms with van der Waals surface area (Å²) in [5.74, 6) is 0. The van der Waals surface area contributed by atoms with Crippen LogP contribution in [0, 0.1) is 0 Å². The van der Waals surface area contributed by atoms with Crippen LogP contribution in [-0.4, -0.2) is 5.11 Å². The molecule has 0 aliphatic rings. The van der Waals surface area contributed by atoms with E-state index in [1.54, 1.807) is 6.92 Å². The van der Waals surface area contributed by atoms with Gasteiger partial charge in [-0.2, -0.15) is 0 Å². The van der Waals surface area contributed by atoms with Gasteiger partial charge in [0.25, 0.3) is 0 Å². The standard InChI is InChI=1S/C14H13BrO/c1-10(16)13-9-12(7-8-14(13)15)11-5-3-2-4-6-11/h2-10,16H,1H3. The lowest BCUT2D eigenvalue weighted by Gasteiger charge is -2.10. The molecule has 16 heavy (non-hydrogen) atoms. The minimum Gasteiger partial charge on any atom is -0.389 e. The van der Waals surface area contributed by atoms with E-state index in [4.69, 9.17) is 0 Å².